The summed E-state index contributed by atoms with van der Waals surface area (Å²) in [5, 5.41) is 10.2. The molecule has 0 atom stereocenters. The first kappa shape index (κ1) is 10.0. The molecule has 1 rings (SSSR count). The van der Waals surface area contributed by atoms with Crippen LogP contribution in [0.3, 0.4) is 0 Å². The third kappa shape index (κ3) is 2.47. The molecule has 0 amide bonds. The maximum absolute atomic E-state index is 10.8. The number of aromatic nitrogens is 1. The van der Waals surface area contributed by atoms with Crippen molar-refractivity contribution in [2.75, 3.05) is 6.61 Å². The molecular weight excluding hydrogens is 192 g/mol. The molecule has 1 heterocycles. The summed E-state index contributed by atoms with van der Waals surface area (Å²) >= 11 is 0. The van der Waals surface area contributed by atoms with E-state index in [9.17, 15) is 14.9 Å². The van der Waals surface area contributed by atoms with Gasteiger partial charge in [0.1, 0.15) is 0 Å². The van der Waals surface area contributed by atoms with E-state index in [1.54, 1.807) is 6.92 Å². The molecular formula is C7H8N2O5. The number of nitrogens with zero attached hydrogens (tertiary/aromatic N) is 1. The summed E-state index contributed by atoms with van der Waals surface area (Å²) in [6.07, 6.45) is 0.221. The topological polar surface area (TPSA) is 94.5 Å². The van der Waals surface area contributed by atoms with E-state index in [0.717, 1.165) is 12.3 Å². The Hall–Kier alpha value is -2.05. The van der Waals surface area contributed by atoms with Gasteiger partial charge in [-0.1, -0.05) is 0 Å². The Morgan fingerprint density at radius 3 is 2.93 bits per heavy atom. The van der Waals surface area contributed by atoms with Crippen LogP contribution in [-0.2, 0) is 4.74 Å². The van der Waals surface area contributed by atoms with E-state index in [1.165, 1.54) is 0 Å². The molecule has 0 aliphatic carbocycles. The quantitative estimate of drug-likeness (QED) is 0.452. The highest BCUT2D eigenvalue weighted by atomic mass is 16.7. The molecule has 0 spiro atoms. The number of nitro groups is 1. The Labute approximate surface area is 78.8 Å². The first-order valence-corrected chi connectivity index (χ1v) is 3.81. The molecule has 0 aliphatic rings. The second kappa shape index (κ2) is 4.26. The standard InChI is InChI=1S/C7H8N2O5/c1-2-13-7(10)14-6-3-5(4-8-6)9(11)12/h3-4,8H,2H2,1H3. The molecule has 0 aliphatic heterocycles. The highest BCUT2D eigenvalue weighted by Crippen LogP contribution is 2.18. The molecule has 0 saturated heterocycles. The van der Waals surface area contributed by atoms with E-state index in [1.807, 2.05) is 0 Å². The molecule has 1 aromatic rings. The molecule has 76 valence electrons. The van der Waals surface area contributed by atoms with Crippen LogP contribution in [0.1, 0.15) is 6.92 Å². The van der Waals surface area contributed by atoms with Gasteiger partial charge in [-0.25, -0.2) is 4.79 Å². The third-order valence-electron chi connectivity index (χ3n) is 1.31. The van der Waals surface area contributed by atoms with Crippen molar-refractivity contribution >= 4 is 11.8 Å². The van der Waals surface area contributed by atoms with Gasteiger partial charge in [-0.15, -0.1) is 0 Å². The lowest BCUT2D eigenvalue weighted by Crippen LogP contribution is -2.09. The molecule has 0 radical (unpaired) electrons. The summed E-state index contributed by atoms with van der Waals surface area (Å²) in [6, 6.07) is 1.09. The minimum absolute atomic E-state index is 0.0184. The van der Waals surface area contributed by atoms with Crippen LogP contribution in [0.25, 0.3) is 0 Å². The van der Waals surface area contributed by atoms with Crippen LogP contribution in [0.5, 0.6) is 5.88 Å². The van der Waals surface area contributed by atoms with Crippen molar-refractivity contribution in [3.8, 4) is 5.88 Å². The number of H-pyrrole nitrogens is 1. The molecule has 0 saturated carbocycles. The highest BCUT2D eigenvalue weighted by Gasteiger charge is 2.12. The molecule has 1 N–H and O–H groups in total. The zero-order valence-corrected chi connectivity index (χ0v) is 7.35. The van der Waals surface area contributed by atoms with Gasteiger partial charge in [0, 0.05) is 0 Å². The van der Waals surface area contributed by atoms with E-state index in [0.29, 0.717) is 0 Å². The predicted octanol–water partition coefficient (Wildman–Crippen LogP) is 1.46. The van der Waals surface area contributed by atoms with Crippen molar-refractivity contribution in [3.63, 3.8) is 0 Å². The van der Waals surface area contributed by atoms with Gasteiger partial charge in [0.2, 0.25) is 5.88 Å². The second-order valence-corrected chi connectivity index (χ2v) is 2.26. The van der Waals surface area contributed by atoms with E-state index in [4.69, 9.17) is 0 Å². The van der Waals surface area contributed by atoms with E-state index in [2.05, 4.69) is 14.5 Å². The fourth-order valence-corrected chi connectivity index (χ4v) is 0.764. The molecule has 0 bridgehead atoms. The lowest BCUT2D eigenvalue weighted by atomic mass is 10.5. The van der Waals surface area contributed by atoms with Gasteiger partial charge < -0.3 is 14.5 Å². The van der Waals surface area contributed by atoms with Gasteiger partial charge in [0.05, 0.1) is 23.8 Å². The van der Waals surface area contributed by atoms with Crippen LogP contribution in [-0.4, -0.2) is 22.7 Å². The lowest BCUT2D eigenvalue weighted by molar-refractivity contribution is -0.384. The van der Waals surface area contributed by atoms with Crippen molar-refractivity contribution in [2.24, 2.45) is 0 Å². The van der Waals surface area contributed by atoms with Crippen LogP contribution in [0.4, 0.5) is 10.5 Å². The smallest absolute Gasteiger partial charge is 0.434 e. The number of aromatic amines is 1. The average molecular weight is 200 g/mol. The van der Waals surface area contributed by atoms with Crippen LogP contribution in [0.2, 0.25) is 0 Å². The summed E-state index contributed by atoms with van der Waals surface area (Å²) in [6.45, 7) is 1.81. The molecule has 7 heteroatoms. The van der Waals surface area contributed by atoms with Gasteiger partial charge in [0.15, 0.2) is 0 Å². The highest BCUT2D eigenvalue weighted by molar-refractivity contribution is 5.63. The fraction of sp³-hybridized carbons (Fsp3) is 0.286. The Bertz CT molecular complexity index is 346. The van der Waals surface area contributed by atoms with Crippen molar-refractivity contribution in [3.05, 3.63) is 22.4 Å². The first-order valence-electron chi connectivity index (χ1n) is 3.81. The molecule has 7 nitrogen and oxygen atoms in total. The van der Waals surface area contributed by atoms with E-state index in [-0.39, 0.29) is 18.2 Å². The predicted molar refractivity (Wildman–Crippen MR) is 45.1 cm³/mol. The van der Waals surface area contributed by atoms with E-state index < -0.39 is 11.1 Å². The Morgan fingerprint density at radius 1 is 1.71 bits per heavy atom. The summed E-state index contributed by atoms with van der Waals surface area (Å²) in [5.74, 6) is -0.0184. The number of rotatable bonds is 3. The zero-order chi connectivity index (χ0) is 10.6. The molecule has 1 aromatic heterocycles. The Balaban J connectivity index is 2.59. The van der Waals surface area contributed by atoms with Crippen LogP contribution >= 0.6 is 0 Å². The summed E-state index contributed by atoms with van der Waals surface area (Å²) in [7, 11) is 0. The number of hydrogen-bond donors (Lipinski definition) is 1. The number of ether oxygens (including phenoxy) is 2. The summed E-state index contributed by atoms with van der Waals surface area (Å²) in [5.41, 5.74) is -0.177. The van der Waals surface area contributed by atoms with Crippen molar-refractivity contribution in [1.82, 2.24) is 4.98 Å². The van der Waals surface area contributed by atoms with Crippen molar-refractivity contribution in [2.45, 2.75) is 6.92 Å². The zero-order valence-electron chi connectivity index (χ0n) is 7.35. The molecule has 0 unspecified atom stereocenters. The van der Waals surface area contributed by atoms with Gasteiger partial charge in [-0.2, -0.15) is 0 Å². The van der Waals surface area contributed by atoms with Crippen LogP contribution < -0.4 is 4.74 Å². The Kier molecular flexibility index (Phi) is 3.05. The summed E-state index contributed by atoms with van der Waals surface area (Å²) < 4.78 is 9.03. The maximum atomic E-state index is 10.8. The van der Waals surface area contributed by atoms with Gasteiger partial charge in [0.25, 0.3) is 5.69 Å². The first-order chi connectivity index (χ1) is 6.63. The minimum Gasteiger partial charge on any atom is -0.434 e. The SMILES string of the molecule is CCOC(=O)Oc1cc([N+](=O)[O-])c[nH]1. The van der Waals surface area contributed by atoms with Crippen LogP contribution in [0, 0.1) is 10.1 Å². The van der Waals surface area contributed by atoms with E-state index >= 15 is 0 Å². The maximum Gasteiger partial charge on any atom is 0.515 e. The normalized spacial score (nSPS) is 9.50. The molecule has 0 aromatic carbocycles. The third-order valence-corrected chi connectivity index (χ3v) is 1.31. The van der Waals surface area contributed by atoms with Crippen LogP contribution in [0.15, 0.2) is 12.3 Å². The van der Waals surface area contributed by atoms with Crippen molar-refractivity contribution < 1.29 is 19.2 Å². The number of carbonyl (C=O) groups excluding carboxylic acids is 1. The molecule has 0 fully saturated rings. The molecule has 14 heavy (non-hydrogen) atoms. The number of carbonyl (C=O) groups is 1. The monoisotopic (exact) mass is 200 g/mol. The second-order valence-electron chi connectivity index (χ2n) is 2.26. The largest absolute Gasteiger partial charge is 0.515 e. The van der Waals surface area contributed by atoms with Gasteiger partial charge in [-0.05, 0) is 6.92 Å². The average Bonchev–Trinajstić information content (AvgIpc) is 2.53. The number of nitrogens with one attached hydrogen (secondary N) is 1. The number of hydrogen-bond acceptors (Lipinski definition) is 5. The Morgan fingerprint density at radius 2 is 2.43 bits per heavy atom. The van der Waals surface area contributed by atoms with Gasteiger partial charge >= 0.3 is 6.16 Å². The fourth-order valence-electron chi connectivity index (χ4n) is 0.764. The minimum atomic E-state index is -0.899. The van der Waals surface area contributed by atoms with Gasteiger partial charge in [-0.3, -0.25) is 10.1 Å². The van der Waals surface area contributed by atoms with Crippen molar-refractivity contribution in [1.29, 1.82) is 0 Å². The lowest BCUT2D eigenvalue weighted by Gasteiger charge is -1.99. The summed E-state index contributed by atoms with van der Waals surface area (Å²) in [4.78, 5) is 22.8.